The maximum atomic E-state index is 12.5. The van der Waals surface area contributed by atoms with Crippen LogP contribution >= 0.6 is 23.2 Å². The number of rotatable bonds is 5. The van der Waals surface area contributed by atoms with Gasteiger partial charge in [0.1, 0.15) is 0 Å². The van der Waals surface area contributed by atoms with Gasteiger partial charge in [0.25, 0.3) is 5.91 Å². The Morgan fingerprint density at radius 1 is 0.800 bits per heavy atom. The van der Waals surface area contributed by atoms with Crippen molar-refractivity contribution in [1.82, 2.24) is 4.98 Å². The molecule has 7 nitrogen and oxygen atoms in total. The Morgan fingerprint density at radius 2 is 1.54 bits per heavy atom. The Hall–Kier alpha value is -4.20. The molecule has 1 aliphatic rings. The van der Waals surface area contributed by atoms with E-state index in [1.54, 1.807) is 30.3 Å². The molecule has 5 rings (SSSR count). The topological polar surface area (TPSA) is 98.0 Å². The molecule has 0 fully saturated rings. The van der Waals surface area contributed by atoms with E-state index in [-0.39, 0.29) is 5.91 Å². The lowest BCUT2D eigenvalue weighted by atomic mass is 10.1. The van der Waals surface area contributed by atoms with Crippen molar-refractivity contribution >= 4 is 75.2 Å². The van der Waals surface area contributed by atoms with E-state index < -0.39 is 6.03 Å². The molecule has 0 spiro atoms. The number of fused-ring (bicyclic) bond motifs is 1. The van der Waals surface area contributed by atoms with E-state index in [2.05, 4.69) is 26.3 Å². The second-order valence-corrected chi connectivity index (χ2v) is 8.71. The molecule has 4 aromatic rings. The zero-order valence-corrected chi connectivity index (χ0v) is 19.7. The first-order chi connectivity index (χ1) is 16.9. The normalized spacial score (nSPS) is 13.3. The van der Waals surface area contributed by atoms with E-state index in [0.29, 0.717) is 27.0 Å². The molecule has 35 heavy (non-hydrogen) atoms. The van der Waals surface area contributed by atoms with Crippen LogP contribution in [0.4, 0.5) is 33.2 Å². The van der Waals surface area contributed by atoms with Crippen molar-refractivity contribution in [3.63, 3.8) is 0 Å². The van der Waals surface area contributed by atoms with Gasteiger partial charge in [-0.2, -0.15) is 0 Å². The van der Waals surface area contributed by atoms with Crippen molar-refractivity contribution in [1.29, 1.82) is 0 Å². The fraction of sp³-hybridized carbons (Fsp3) is 0. The van der Waals surface area contributed by atoms with Crippen molar-refractivity contribution in [2.75, 3.05) is 21.3 Å². The third-order valence-corrected chi connectivity index (χ3v) is 5.69. The van der Waals surface area contributed by atoms with E-state index in [4.69, 9.17) is 23.2 Å². The van der Waals surface area contributed by atoms with Crippen molar-refractivity contribution in [3.8, 4) is 0 Å². The predicted molar refractivity (Wildman–Crippen MR) is 143 cm³/mol. The zero-order valence-electron chi connectivity index (χ0n) is 18.2. The van der Waals surface area contributed by atoms with Crippen LogP contribution in [0.25, 0.3) is 11.6 Å². The molecule has 3 amide bonds. The van der Waals surface area contributed by atoms with Crippen LogP contribution in [0.3, 0.4) is 0 Å². The third kappa shape index (κ3) is 5.32. The number of benzene rings is 3. The molecule has 9 heteroatoms. The Labute approximate surface area is 211 Å². The van der Waals surface area contributed by atoms with Gasteiger partial charge in [0.15, 0.2) is 0 Å². The average molecular weight is 504 g/mol. The first-order valence-electron chi connectivity index (χ1n) is 10.6. The van der Waals surface area contributed by atoms with Crippen LogP contribution in [0.5, 0.6) is 0 Å². The summed E-state index contributed by atoms with van der Waals surface area (Å²) in [5.74, 6) is -0.148. The molecule has 1 aromatic heterocycles. The van der Waals surface area contributed by atoms with Gasteiger partial charge in [0, 0.05) is 50.2 Å². The minimum atomic E-state index is -0.429. The van der Waals surface area contributed by atoms with Crippen LogP contribution in [0, 0.1) is 0 Å². The molecule has 0 radical (unpaired) electrons. The molecule has 0 aliphatic carbocycles. The number of aromatic nitrogens is 1. The summed E-state index contributed by atoms with van der Waals surface area (Å²) in [6.45, 7) is 0. The van der Waals surface area contributed by atoms with Gasteiger partial charge < -0.3 is 26.3 Å². The lowest BCUT2D eigenvalue weighted by Crippen LogP contribution is -2.19. The van der Waals surface area contributed by atoms with Gasteiger partial charge in [-0.05, 0) is 66.7 Å². The third-order valence-electron chi connectivity index (χ3n) is 5.25. The molecule has 0 saturated carbocycles. The number of anilines is 5. The highest BCUT2D eigenvalue weighted by Crippen LogP contribution is 2.35. The number of aromatic amines is 1. The van der Waals surface area contributed by atoms with Gasteiger partial charge in [-0.25, -0.2) is 4.79 Å². The molecule has 3 aromatic carbocycles. The minimum absolute atomic E-state index is 0.148. The van der Waals surface area contributed by atoms with Crippen LogP contribution in [0.1, 0.15) is 11.3 Å². The number of carbonyl (C=O) groups excluding carboxylic acids is 2. The highest BCUT2D eigenvalue weighted by molar-refractivity contribution is 6.35. The summed E-state index contributed by atoms with van der Waals surface area (Å²) < 4.78 is 0. The molecule has 2 heterocycles. The van der Waals surface area contributed by atoms with Crippen molar-refractivity contribution < 1.29 is 9.59 Å². The molecule has 0 bridgehead atoms. The second-order valence-electron chi connectivity index (χ2n) is 7.84. The van der Waals surface area contributed by atoms with Gasteiger partial charge in [0.05, 0.1) is 11.3 Å². The lowest BCUT2D eigenvalue weighted by Gasteiger charge is -2.12. The molecular formula is C26H19Cl2N5O2. The fourth-order valence-electron chi connectivity index (χ4n) is 3.77. The highest BCUT2D eigenvalue weighted by Gasteiger charge is 2.24. The Kier molecular flexibility index (Phi) is 6.18. The van der Waals surface area contributed by atoms with Crippen LogP contribution in [0.2, 0.25) is 10.0 Å². The summed E-state index contributed by atoms with van der Waals surface area (Å²) in [7, 11) is 0. The number of amides is 3. The second kappa shape index (κ2) is 9.58. The summed E-state index contributed by atoms with van der Waals surface area (Å²) >= 11 is 12.0. The first-order valence-corrected chi connectivity index (χ1v) is 11.4. The maximum Gasteiger partial charge on any atom is 0.323 e. The Morgan fingerprint density at radius 3 is 2.31 bits per heavy atom. The molecule has 1 aliphatic heterocycles. The number of nitrogens with one attached hydrogen (secondary N) is 5. The number of urea groups is 1. The summed E-state index contributed by atoms with van der Waals surface area (Å²) in [5, 5.41) is 12.6. The SMILES string of the molecule is O=C(Nc1cc(Cl)cc(Cl)c1)Nc1cccc(Nc2ccc3c(c2)NC(=O)C3=Cc2ccc[nH]2)c1. The van der Waals surface area contributed by atoms with E-state index >= 15 is 0 Å². The van der Waals surface area contributed by atoms with Gasteiger partial charge in [-0.3, -0.25) is 4.79 Å². The summed E-state index contributed by atoms with van der Waals surface area (Å²) in [5.41, 5.74) is 5.66. The van der Waals surface area contributed by atoms with Crippen LogP contribution < -0.4 is 21.3 Å². The van der Waals surface area contributed by atoms with Gasteiger partial charge in [-0.1, -0.05) is 35.3 Å². The zero-order chi connectivity index (χ0) is 24.4. The largest absolute Gasteiger partial charge is 0.362 e. The molecular weight excluding hydrogens is 485 g/mol. The number of carbonyl (C=O) groups is 2. The quantitative estimate of drug-likeness (QED) is 0.186. The molecule has 5 N–H and O–H groups in total. The Bertz CT molecular complexity index is 1440. The molecule has 174 valence electrons. The molecule has 0 saturated heterocycles. The van der Waals surface area contributed by atoms with E-state index in [0.717, 1.165) is 28.3 Å². The van der Waals surface area contributed by atoms with E-state index in [9.17, 15) is 9.59 Å². The number of halogens is 2. The van der Waals surface area contributed by atoms with Crippen molar-refractivity contribution in [2.45, 2.75) is 0 Å². The van der Waals surface area contributed by atoms with Crippen molar-refractivity contribution in [2.24, 2.45) is 0 Å². The smallest absolute Gasteiger partial charge is 0.323 e. The van der Waals surface area contributed by atoms with Crippen LogP contribution in [-0.4, -0.2) is 16.9 Å². The van der Waals surface area contributed by atoms with Crippen LogP contribution in [-0.2, 0) is 4.79 Å². The van der Waals surface area contributed by atoms with E-state index in [1.165, 1.54) is 0 Å². The standard InChI is InChI=1S/C26H19Cl2N5O2/c27-15-9-16(28)11-21(10-15)32-26(35)31-19-4-1-3-18(12-19)30-20-6-7-22-23(13-17-5-2-8-29-17)25(34)33-24(22)14-20/h1-14,29-30H,(H,33,34)(H2,31,32,35). The van der Waals surface area contributed by atoms with E-state index in [1.807, 2.05) is 54.7 Å². The minimum Gasteiger partial charge on any atom is -0.362 e. The van der Waals surface area contributed by atoms with Gasteiger partial charge in [-0.15, -0.1) is 0 Å². The van der Waals surface area contributed by atoms with Gasteiger partial charge in [0.2, 0.25) is 0 Å². The summed E-state index contributed by atoms with van der Waals surface area (Å²) in [6.07, 6.45) is 3.64. The predicted octanol–water partition coefficient (Wildman–Crippen LogP) is 7.20. The number of H-pyrrole nitrogens is 1. The summed E-state index contributed by atoms with van der Waals surface area (Å²) in [6, 6.07) is 21.1. The van der Waals surface area contributed by atoms with Gasteiger partial charge >= 0.3 is 6.03 Å². The van der Waals surface area contributed by atoms with Crippen molar-refractivity contribution in [3.05, 3.63) is 100 Å². The number of hydrogen-bond acceptors (Lipinski definition) is 3. The maximum absolute atomic E-state index is 12.5. The first kappa shape index (κ1) is 22.6. The average Bonchev–Trinajstić information content (AvgIpc) is 3.41. The fourth-order valence-corrected chi connectivity index (χ4v) is 4.29. The summed E-state index contributed by atoms with van der Waals surface area (Å²) in [4.78, 5) is 28.0. The molecule has 0 unspecified atom stereocenters. The highest BCUT2D eigenvalue weighted by atomic mass is 35.5. The number of hydrogen-bond donors (Lipinski definition) is 5. The molecule has 0 atom stereocenters. The monoisotopic (exact) mass is 503 g/mol. The van der Waals surface area contributed by atoms with Crippen LogP contribution in [0.15, 0.2) is 79.0 Å². The Balaban J connectivity index is 1.28. The lowest BCUT2D eigenvalue weighted by molar-refractivity contribution is -0.110.